The van der Waals surface area contributed by atoms with Crippen LogP contribution >= 0.6 is 0 Å². The average Bonchev–Trinajstić information content (AvgIpc) is 1.99. The van der Waals surface area contributed by atoms with Crippen LogP contribution < -0.4 is 0 Å². The maximum absolute atomic E-state index is 8.33. The quantitative estimate of drug-likeness (QED) is 0.275. The van der Waals surface area contributed by atoms with E-state index in [1.165, 1.54) is 0 Å². The molecule has 0 aliphatic heterocycles. The molecule has 0 radical (unpaired) electrons. The minimum absolute atomic E-state index is 0.537. The molecule has 0 amide bonds. The lowest BCUT2D eigenvalue weighted by Crippen LogP contribution is -1.92. The molecule has 0 saturated carbocycles. The van der Waals surface area contributed by atoms with Crippen LogP contribution in [-0.4, -0.2) is 10.9 Å². The first kappa shape index (κ1) is 8.69. The Hall–Kier alpha value is -1.31. The number of rotatable bonds is 3. The zero-order chi connectivity index (χ0) is 7.98. The Morgan fingerprint density at radius 3 is 2.40 bits per heavy atom. The molecule has 0 saturated heterocycles. The van der Waals surface area contributed by atoms with Crippen LogP contribution in [0.3, 0.4) is 0 Å². The van der Waals surface area contributed by atoms with Crippen LogP contribution in [0.5, 0.6) is 0 Å². The lowest BCUT2D eigenvalue weighted by molar-refractivity contribution is 0.319. The summed E-state index contributed by atoms with van der Waals surface area (Å²) in [6.45, 7) is 8.74. The van der Waals surface area contributed by atoms with Crippen LogP contribution in [0.15, 0.2) is 42.1 Å². The Morgan fingerprint density at radius 1 is 1.50 bits per heavy atom. The van der Waals surface area contributed by atoms with Gasteiger partial charge in [-0.25, -0.2) is 0 Å². The van der Waals surface area contributed by atoms with E-state index in [9.17, 15) is 0 Å². The Labute approximate surface area is 60.9 Å². The van der Waals surface area contributed by atoms with Crippen LogP contribution in [-0.2, 0) is 0 Å². The summed E-state index contributed by atoms with van der Waals surface area (Å²) in [6, 6.07) is 0. The van der Waals surface area contributed by atoms with Crippen LogP contribution in [0.25, 0.3) is 0 Å². The van der Waals surface area contributed by atoms with Gasteiger partial charge in [0.25, 0.3) is 0 Å². The van der Waals surface area contributed by atoms with Gasteiger partial charge in [0.05, 0.1) is 5.71 Å². The summed E-state index contributed by atoms with van der Waals surface area (Å²) in [6.07, 6.45) is 4.95. The predicted octanol–water partition coefficient (Wildman–Crippen LogP) is 2.13. The van der Waals surface area contributed by atoms with E-state index in [1.54, 1.807) is 25.2 Å². The minimum Gasteiger partial charge on any atom is -0.411 e. The summed E-state index contributed by atoms with van der Waals surface area (Å²) in [5.74, 6) is 0. The highest BCUT2D eigenvalue weighted by Gasteiger charge is 1.93. The summed E-state index contributed by atoms with van der Waals surface area (Å²) >= 11 is 0. The lowest BCUT2D eigenvalue weighted by atomic mass is 10.1. The second-order valence-corrected chi connectivity index (χ2v) is 1.75. The molecule has 2 nitrogen and oxygen atoms in total. The number of hydrogen-bond acceptors (Lipinski definition) is 2. The third kappa shape index (κ3) is 2.31. The van der Waals surface area contributed by atoms with Crippen LogP contribution in [0, 0.1) is 0 Å². The van der Waals surface area contributed by atoms with Crippen molar-refractivity contribution in [1.82, 2.24) is 0 Å². The van der Waals surface area contributed by atoms with Gasteiger partial charge in [0, 0.05) is 0 Å². The number of oxime groups is 1. The molecule has 0 aromatic rings. The van der Waals surface area contributed by atoms with Crippen molar-refractivity contribution in [2.24, 2.45) is 5.16 Å². The van der Waals surface area contributed by atoms with Gasteiger partial charge >= 0.3 is 0 Å². The molecule has 0 unspecified atom stereocenters. The normalized spacial score (nSPS) is 12.9. The van der Waals surface area contributed by atoms with E-state index in [4.69, 9.17) is 5.21 Å². The largest absolute Gasteiger partial charge is 0.411 e. The van der Waals surface area contributed by atoms with Gasteiger partial charge in [0.2, 0.25) is 0 Å². The third-order valence-corrected chi connectivity index (χ3v) is 1.09. The maximum atomic E-state index is 8.33. The Kier molecular flexibility index (Phi) is 3.96. The summed E-state index contributed by atoms with van der Waals surface area (Å²) in [5.41, 5.74) is 1.31. The Bertz CT molecular complexity index is 189. The fourth-order valence-corrected chi connectivity index (χ4v) is 0.521. The molecule has 0 aliphatic carbocycles. The molecule has 0 aromatic heterocycles. The number of hydrogen-bond donors (Lipinski definition) is 1. The minimum atomic E-state index is 0.537. The molecule has 0 heterocycles. The molecule has 10 heavy (non-hydrogen) atoms. The van der Waals surface area contributed by atoms with Crippen molar-refractivity contribution in [2.75, 3.05) is 0 Å². The van der Waals surface area contributed by atoms with Crippen LogP contribution in [0.1, 0.15) is 6.92 Å². The van der Waals surface area contributed by atoms with E-state index in [-0.39, 0.29) is 0 Å². The number of allylic oxidation sites excluding steroid dienone is 4. The third-order valence-electron chi connectivity index (χ3n) is 1.09. The van der Waals surface area contributed by atoms with Gasteiger partial charge in [-0.05, 0) is 12.5 Å². The van der Waals surface area contributed by atoms with Crippen molar-refractivity contribution in [3.05, 3.63) is 37.0 Å². The molecule has 0 bridgehead atoms. The highest BCUT2D eigenvalue weighted by Crippen LogP contribution is 1.98. The van der Waals surface area contributed by atoms with Crippen molar-refractivity contribution in [3.8, 4) is 0 Å². The second-order valence-electron chi connectivity index (χ2n) is 1.75. The molecule has 0 atom stereocenters. The zero-order valence-electron chi connectivity index (χ0n) is 6.04. The van der Waals surface area contributed by atoms with E-state index >= 15 is 0 Å². The highest BCUT2D eigenvalue weighted by molar-refractivity contribution is 6.00. The van der Waals surface area contributed by atoms with E-state index < -0.39 is 0 Å². The van der Waals surface area contributed by atoms with Crippen molar-refractivity contribution in [2.45, 2.75) is 6.92 Å². The fraction of sp³-hybridized carbons (Fsp3) is 0.125. The Morgan fingerprint density at radius 2 is 2.10 bits per heavy atom. The second kappa shape index (κ2) is 4.56. The molecule has 1 N–H and O–H groups in total. The smallest absolute Gasteiger partial charge is 0.0836 e. The summed E-state index contributed by atoms with van der Waals surface area (Å²) in [4.78, 5) is 0. The van der Waals surface area contributed by atoms with E-state index in [1.807, 2.05) is 0 Å². The number of nitrogens with zero attached hydrogens (tertiary/aromatic N) is 1. The first-order valence-corrected chi connectivity index (χ1v) is 2.90. The first-order chi connectivity index (χ1) is 4.76. The van der Waals surface area contributed by atoms with Crippen molar-refractivity contribution in [3.63, 3.8) is 0 Å². The van der Waals surface area contributed by atoms with Crippen molar-refractivity contribution >= 4 is 5.71 Å². The summed E-state index contributed by atoms with van der Waals surface area (Å²) in [7, 11) is 0. The van der Waals surface area contributed by atoms with E-state index in [0.717, 1.165) is 5.57 Å². The first-order valence-electron chi connectivity index (χ1n) is 2.90. The lowest BCUT2D eigenvalue weighted by Gasteiger charge is -1.94. The molecule has 0 aliphatic rings. The van der Waals surface area contributed by atoms with Crippen LogP contribution in [0.2, 0.25) is 0 Å². The van der Waals surface area contributed by atoms with Gasteiger partial charge in [-0.15, -0.1) is 0 Å². The van der Waals surface area contributed by atoms with Crippen LogP contribution in [0.4, 0.5) is 0 Å². The monoisotopic (exact) mass is 137 g/mol. The van der Waals surface area contributed by atoms with Gasteiger partial charge in [-0.2, -0.15) is 0 Å². The maximum Gasteiger partial charge on any atom is 0.0836 e. The molecule has 0 aromatic carbocycles. The van der Waals surface area contributed by atoms with E-state index in [2.05, 4.69) is 18.3 Å². The van der Waals surface area contributed by atoms with Gasteiger partial charge in [0.1, 0.15) is 0 Å². The summed E-state index contributed by atoms with van der Waals surface area (Å²) in [5, 5.41) is 11.3. The van der Waals surface area contributed by atoms with Gasteiger partial charge in [-0.3, -0.25) is 0 Å². The summed E-state index contributed by atoms with van der Waals surface area (Å²) < 4.78 is 0. The van der Waals surface area contributed by atoms with Gasteiger partial charge in [-0.1, -0.05) is 36.5 Å². The van der Waals surface area contributed by atoms with Gasteiger partial charge < -0.3 is 5.21 Å². The SMILES string of the molecule is C=C/C=C(\C=C)C(C)=NO. The molecule has 0 fully saturated rings. The van der Waals surface area contributed by atoms with Crippen molar-refractivity contribution < 1.29 is 5.21 Å². The predicted molar refractivity (Wildman–Crippen MR) is 43.4 cm³/mol. The molecule has 0 spiro atoms. The topological polar surface area (TPSA) is 32.6 Å². The molecule has 0 rings (SSSR count). The molecular formula is C8H11NO. The standard InChI is InChI=1S/C8H11NO/c1-4-6-8(5-2)7(3)9-10/h4-6,10H,1-2H2,3H3/b8-6+,9-7?. The molecular weight excluding hydrogens is 126 g/mol. The zero-order valence-corrected chi connectivity index (χ0v) is 6.04. The fourth-order valence-electron chi connectivity index (χ4n) is 0.521. The Balaban J connectivity index is 4.51. The molecule has 2 heteroatoms. The van der Waals surface area contributed by atoms with E-state index in [0.29, 0.717) is 5.71 Å². The highest BCUT2D eigenvalue weighted by atomic mass is 16.4. The molecule has 54 valence electrons. The average molecular weight is 137 g/mol. The van der Waals surface area contributed by atoms with Crippen molar-refractivity contribution in [1.29, 1.82) is 0 Å². The van der Waals surface area contributed by atoms with Gasteiger partial charge in [0.15, 0.2) is 0 Å².